The van der Waals surface area contributed by atoms with Crippen LogP contribution in [0.1, 0.15) is 16.7 Å². The Morgan fingerprint density at radius 1 is 1.19 bits per heavy atom. The Balaban J connectivity index is 1.73. The summed E-state index contributed by atoms with van der Waals surface area (Å²) in [7, 11) is 0. The minimum Gasteiger partial charge on any atom is -0.493 e. The highest BCUT2D eigenvalue weighted by Crippen LogP contribution is 2.33. The fourth-order valence-electron chi connectivity index (χ4n) is 2.72. The second kappa shape index (κ2) is 6.39. The van der Waals surface area contributed by atoms with Crippen molar-refractivity contribution in [3.05, 3.63) is 62.6 Å². The van der Waals surface area contributed by atoms with Gasteiger partial charge in [0.05, 0.1) is 12.7 Å². The summed E-state index contributed by atoms with van der Waals surface area (Å²) in [5.74, 6) is 0.911. The Bertz CT molecular complexity index is 640. The van der Waals surface area contributed by atoms with Crippen LogP contribution in [0.15, 0.2) is 40.9 Å². The first-order valence-corrected chi connectivity index (χ1v) is 8.15. The molecule has 0 saturated carbocycles. The summed E-state index contributed by atoms with van der Waals surface area (Å²) >= 11 is 9.56. The lowest BCUT2D eigenvalue weighted by molar-refractivity contribution is 0.174. The van der Waals surface area contributed by atoms with Gasteiger partial charge in [-0.1, -0.05) is 39.7 Å². The third-order valence-corrected chi connectivity index (χ3v) is 4.41. The molecule has 21 heavy (non-hydrogen) atoms. The van der Waals surface area contributed by atoms with Gasteiger partial charge < -0.3 is 9.84 Å². The Labute approximate surface area is 137 Å². The van der Waals surface area contributed by atoms with Crippen molar-refractivity contribution in [2.45, 2.75) is 25.4 Å². The molecule has 2 aromatic carbocycles. The summed E-state index contributed by atoms with van der Waals surface area (Å²) in [4.78, 5) is 0. The maximum Gasteiger partial charge on any atom is 0.126 e. The Hall–Kier alpha value is -1.03. The van der Waals surface area contributed by atoms with Gasteiger partial charge in [0, 0.05) is 22.3 Å². The smallest absolute Gasteiger partial charge is 0.126 e. The van der Waals surface area contributed by atoms with Gasteiger partial charge in [0.2, 0.25) is 0 Å². The molecule has 1 aliphatic rings. The molecule has 0 amide bonds. The van der Waals surface area contributed by atoms with E-state index in [1.54, 1.807) is 0 Å². The summed E-state index contributed by atoms with van der Waals surface area (Å²) in [5.41, 5.74) is 3.26. The highest BCUT2D eigenvalue weighted by molar-refractivity contribution is 9.10. The minimum atomic E-state index is -0.446. The molecule has 0 spiro atoms. The molecule has 1 atom stereocenters. The topological polar surface area (TPSA) is 29.5 Å². The van der Waals surface area contributed by atoms with Crippen LogP contribution in [-0.4, -0.2) is 17.8 Å². The van der Waals surface area contributed by atoms with E-state index in [-0.39, 0.29) is 0 Å². The van der Waals surface area contributed by atoms with Gasteiger partial charge in [0.15, 0.2) is 0 Å². The SMILES string of the molecule is OC(Cc1ccc(Br)cc1)Cc1cc(Cl)cc2c1OCC2. The van der Waals surface area contributed by atoms with Crippen LogP contribution in [0.2, 0.25) is 5.02 Å². The monoisotopic (exact) mass is 366 g/mol. The molecule has 2 nitrogen and oxygen atoms in total. The fraction of sp³-hybridized carbons (Fsp3) is 0.294. The van der Waals surface area contributed by atoms with Gasteiger partial charge in [-0.15, -0.1) is 0 Å². The molecule has 0 aliphatic carbocycles. The highest BCUT2D eigenvalue weighted by atomic mass is 79.9. The molecule has 3 rings (SSSR count). The van der Waals surface area contributed by atoms with E-state index in [2.05, 4.69) is 15.9 Å². The molecule has 0 aromatic heterocycles. The van der Waals surface area contributed by atoms with E-state index in [0.29, 0.717) is 24.5 Å². The lowest BCUT2D eigenvalue weighted by Gasteiger charge is -2.14. The predicted molar refractivity (Wildman–Crippen MR) is 88.2 cm³/mol. The van der Waals surface area contributed by atoms with Gasteiger partial charge in [-0.2, -0.15) is 0 Å². The Morgan fingerprint density at radius 2 is 1.95 bits per heavy atom. The maximum absolute atomic E-state index is 10.3. The number of aliphatic hydroxyl groups is 1. The standard InChI is InChI=1S/C17H16BrClO2/c18-14-3-1-11(2-4-14)7-16(20)10-13-9-15(19)8-12-5-6-21-17(12)13/h1-4,8-9,16,20H,5-7,10H2. The maximum atomic E-state index is 10.3. The van der Waals surface area contributed by atoms with Crippen molar-refractivity contribution >= 4 is 27.5 Å². The van der Waals surface area contributed by atoms with Crippen LogP contribution in [0, 0.1) is 0 Å². The van der Waals surface area contributed by atoms with Crippen molar-refractivity contribution in [2.24, 2.45) is 0 Å². The quantitative estimate of drug-likeness (QED) is 0.878. The molecule has 0 radical (unpaired) electrons. The van der Waals surface area contributed by atoms with Crippen LogP contribution in [0.5, 0.6) is 5.75 Å². The van der Waals surface area contributed by atoms with Crippen LogP contribution >= 0.6 is 27.5 Å². The molecule has 1 unspecified atom stereocenters. The number of aliphatic hydroxyl groups excluding tert-OH is 1. The minimum absolute atomic E-state index is 0.446. The number of benzene rings is 2. The number of fused-ring (bicyclic) bond motifs is 1. The zero-order valence-corrected chi connectivity index (χ0v) is 13.8. The molecule has 1 heterocycles. The van der Waals surface area contributed by atoms with Crippen molar-refractivity contribution in [1.82, 2.24) is 0 Å². The molecule has 1 N–H and O–H groups in total. The van der Waals surface area contributed by atoms with Gasteiger partial charge in [-0.05, 0) is 47.4 Å². The van der Waals surface area contributed by atoms with Crippen molar-refractivity contribution in [3.8, 4) is 5.75 Å². The van der Waals surface area contributed by atoms with E-state index >= 15 is 0 Å². The number of hydrogen-bond acceptors (Lipinski definition) is 2. The molecular formula is C17H16BrClO2. The number of halogens is 2. The van der Waals surface area contributed by atoms with E-state index in [1.165, 1.54) is 0 Å². The largest absolute Gasteiger partial charge is 0.493 e. The molecule has 110 valence electrons. The van der Waals surface area contributed by atoms with E-state index in [9.17, 15) is 5.11 Å². The molecule has 2 aromatic rings. The Morgan fingerprint density at radius 3 is 2.71 bits per heavy atom. The highest BCUT2D eigenvalue weighted by Gasteiger charge is 2.19. The zero-order chi connectivity index (χ0) is 14.8. The number of rotatable bonds is 4. The molecule has 0 bridgehead atoms. The summed E-state index contributed by atoms with van der Waals surface area (Å²) in [6.07, 6.45) is 1.62. The van der Waals surface area contributed by atoms with Gasteiger partial charge in [0.1, 0.15) is 5.75 Å². The zero-order valence-electron chi connectivity index (χ0n) is 11.5. The normalized spacial score (nSPS) is 14.6. The predicted octanol–water partition coefficient (Wildman–Crippen LogP) is 4.18. The van der Waals surface area contributed by atoms with Crippen molar-refractivity contribution in [3.63, 3.8) is 0 Å². The van der Waals surface area contributed by atoms with Crippen LogP contribution < -0.4 is 4.74 Å². The second-order valence-electron chi connectivity index (χ2n) is 5.34. The van der Waals surface area contributed by atoms with Gasteiger partial charge in [-0.3, -0.25) is 0 Å². The molecule has 0 fully saturated rings. The van der Waals surface area contributed by atoms with E-state index in [0.717, 1.165) is 33.3 Å². The van der Waals surface area contributed by atoms with E-state index in [1.807, 2.05) is 36.4 Å². The molecule has 1 aliphatic heterocycles. The van der Waals surface area contributed by atoms with E-state index in [4.69, 9.17) is 16.3 Å². The molecular weight excluding hydrogens is 352 g/mol. The van der Waals surface area contributed by atoms with Crippen molar-refractivity contribution in [1.29, 1.82) is 0 Å². The summed E-state index contributed by atoms with van der Waals surface area (Å²) in [6.45, 7) is 0.700. The van der Waals surface area contributed by atoms with Gasteiger partial charge in [-0.25, -0.2) is 0 Å². The Kier molecular flexibility index (Phi) is 4.53. The third-order valence-electron chi connectivity index (χ3n) is 3.67. The molecule has 4 heteroatoms. The van der Waals surface area contributed by atoms with Gasteiger partial charge >= 0.3 is 0 Å². The molecule has 0 saturated heterocycles. The fourth-order valence-corrected chi connectivity index (χ4v) is 3.24. The number of hydrogen-bond donors (Lipinski definition) is 1. The number of ether oxygens (including phenoxy) is 1. The lowest BCUT2D eigenvalue weighted by atomic mass is 9.99. The first-order chi connectivity index (χ1) is 10.1. The van der Waals surface area contributed by atoms with E-state index < -0.39 is 6.10 Å². The van der Waals surface area contributed by atoms with Crippen molar-refractivity contribution < 1.29 is 9.84 Å². The lowest BCUT2D eigenvalue weighted by Crippen LogP contribution is -2.14. The first-order valence-electron chi connectivity index (χ1n) is 6.98. The van der Waals surface area contributed by atoms with Crippen LogP contribution in [0.4, 0.5) is 0 Å². The summed E-state index contributed by atoms with van der Waals surface area (Å²) < 4.78 is 6.72. The van der Waals surface area contributed by atoms with Crippen LogP contribution in [0.25, 0.3) is 0 Å². The third kappa shape index (κ3) is 3.60. The van der Waals surface area contributed by atoms with Crippen LogP contribution in [0.3, 0.4) is 0 Å². The first kappa shape index (κ1) is 14.9. The summed E-state index contributed by atoms with van der Waals surface area (Å²) in [5, 5.41) is 11.1. The summed E-state index contributed by atoms with van der Waals surface area (Å²) in [6, 6.07) is 11.9. The average molecular weight is 368 g/mol. The van der Waals surface area contributed by atoms with Gasteiger partial charge in [0.25, 0.3) is 0 Å². The van der Waals surface area contributed by atoms with Crippen molar-refractivity contribution in [2.75, 3.05) is 6.61 Å². The second-order valence-corrected chi connectivity index (χ2v) is 6.69. The van der Waals surface area contributed by atoms with Crippen LogP contribution in [-0.2, 0) is 19.3 Å². The average Bonchev–Trinajstić information content (AvgIpc) is 2.89.